The van der Waals surface area contributed by atoms with Gasteiger partial charge in [-0.1, -0.05) is 0 Å². The molecule has 2 heterocycles. The largest absolute Gasteiger partial charge is 0.353 e. The van der Waals surface area contributed by atoms with Crippen LogP contribution >= 0.6 is 0 Å². The van der Waals surface area contributed by atoms with E-state index < -0.39 is 0 Å². The summed E-state index contributed by atoms with van der Waals surface area (Å²) in [5.74, 6) is -0.754. The Morgan fingerprint density at radius 1 is 1.32 bits per heavy atom. The number of hydrogen-bond donors (Lipinski definition) is 2. The summed E-state index contributed by atoms with van der Waals surface area (Å²) in [4.78, 5) is 27.9. The second kappa shape index (κ2) is 4.38. The summed E-state index contributed by atoms with van der Waals surface area (Å²) < 4.78 is 13.1. The van der Waals surface area contributed by atoms with Gasteiger partial charge in [0.1, 0.15) is 11.5 Å². The molecule has 2 N–H and O–H groups in total. The van der Waals surface area contributed by atoms with Gasteiger partial charge in [0.05, 0.1) is 6.54 Å². The van der Waals surface area contributed by atoms with Crippen LogP contribution in [0, 0.1) is 5.82 Å². The topological polar surface area (TPSA) is 65.2 Å². The van der Waals surface area contributed by atoms with Crippen LogP contribution in [0.5, 0.6) is 0 Å². The Balaban J connectivity index is 1.90. The van der Waals surface area contributed by atoms with Gasteiger partial charge >= 0.3 is 0 Å². The summed E-state index contributed by atoms with van der Waals surface area (Å²) in [5, 5.41) is 3.30. The van der Waals surface area contributed by atoms with E-state index in [0.29, 0.717) is 29.7 Å². The highest BCUT2D eigenvalue weighted by Gasteiger charge is 2.23. The molecule has 0 atom stereocenters. The highest BCUT2D eigenvalue weighted by molar-refractivity contribution is 5.99. The number of halogens is 1. The van der Waals surface area contributed by atoms with E-state index in [9.17, 15) is 14.0 Å². The molecular weight excluding hydrogens is 249 g/mol. The maximum Gasteiger partial charge on any atom is 0.270 e. The molecular formula is C13H12FN3O2. The molecule has 5 nitrogen and oxygen atoms in total. The molecule has 1 saturated heterocycles. The molecule has 0 saturated carbocycles. The number of benzene rings is 1. The monoisotopic (exact) mass is 261 g/mol. The van der Waals surface area contributed by atoms with Crippen LogP contribution in [-0.2, 0) is 4.79 Å². The minimum Gasteiger partial charge on any atom is -0.353 e. The minimum absolute atomic E-state index is 0.0581. The van der Waals surface area contributed by atoms with E-state index in [-0.39, 0.29) is 24.2 Å². The molecule has 1 aromatic heterocycles. The molecule has 6 heteroatoms. The lowest BCUT2D eigenvalue weighted by Gasteiger charge is -2.26. The van der Waals surface area contributed by atoms with Crippen molar-refractivity contribution >= 4 is 22.7 Å². The second-order valence-corrected chi connectivity index (χ2v) is 4.49. The van der Waals surface area contributed by atoms with E-state index in [1.165, 1.54) is 17.0 Å². The predicted molar refractivity (Wildman–Crippen MR) is 67.2 cm³/mol. The summed E-state index contributed by atoms with van der Waals surface area (Å²) in [6, 6.07) is 5.89. The number of rotatable bonds is 1. The van der Waals surface area contributed by atoms with Crippen molar-refractivity contribution in [3.8, 4) is 0 Å². The smallest absolute Gasteiger partial charge is 0.270 e. The number of piperazine rings is 1. The van der Waals surface area contributed by atoms with Crippen LogP contribution in [0.4, 0.5) is 4.39 Å². The minimum atomic E-state index is -0.345. The Morgan fingerprint density at radius 3 is 2.95 bits per heavy atom. The zero-order valence-electron chi connectivity index (χ0n) is 10.1. The SMILES string of the molecule is O=C1CN(C(=O)c2cc3cc(F)ccc3[nH]2)CCN1. The summed E-state index contributed by atoms with van der Waals surface area (Å²) in [5.41, 5.74) is 1.07. The maximum atomic E-state index is 13.1. The van der Waals surface area contributed by atoms with Gasteiger partial charge in [0, 0.05) is 24.0 Å². The van der Waals surface area contributed by atoms with Crippen molar-refractivity contribution < 1.29 is 14.0 Å². The first-order valence-electron chi connectivity index (χ1n) is 5.98. The summed E-state index contributed by atoms with van der Waals surface area (Å²) >= 11 is 0. The molecule has 0 radical (unpaired) electrons. The van der Waals surface area contributed by atoms with Gasteiger partial charge in [0.15, 0.2) is 0 Å². The van der Waals surface area contributed by atoms with E-state index in [1.54, 1.807) is 12.1 Å². The Kier molecular flexibility index (Phi) is 2.70. The van der Waals surface area contributed by atoms with Crippen molar-refractivity contribution in [2.24, 2.45) is 0 Å². The van der Waals surface area contributed by atoms with Crippen LogP contribution < -0.4 is 5.32 Å². The molecule has 1 fully saturated rings. The number of fused-ring (bicyclic) bond motifs is 1. The number of nitrogens with one attached hydrogen (secondary N) is 2. The van der Waals surface area contributed by atoms with Gasteiger partial charge in [0.2, 0.25) is 5.91 Å². The molecule has 19 heavy (non-hydrogen) atoms. The van der Waals surface area contributed by atoms with E-state index in [4.69, 9.17) is 0 Å². The molecule has 0 unspecified atom stereocenters. The zero-order valence-corrected chi connectivity index (χ0v) is 10.1. The first kappa shape index (κ1) is 11.7. The summed E-state index contributed by atoms with van der Waals surface area (Å²) in [6.45, 7) is 0.996. The molecule has 1 aliphatic rings. The van der Waals surface area contributed by atoms with Gasteiger partial charge in [-0.15, -0.1) is 0 Å². The fourth-order valence-electron chi connectivity index (χ4n) is 2.20. The fraction of sp³-hybridized carbons (Fsp3) is 0.231. The first-order chi connectivity index (χ1) is 9.13. The molecule has 2 amide bonds. The number of hydrogen-bond acceptors (Lipinski definition) is 2. The molecule has 2 aromatic rings. The van der Waals surface area contributed by atoms with E-state index in [1.807, 2.05) is 0 Å². The van der Waals surface area contributed by atoms with Gasteiger partial charge in [-0.2, -0.15) is 0 Å². The average molecular weight is 261 g/mol. The molecule has 0 spiro atoms. The van der Waals surface area contributed by atoms with Crippen molar-refractivity contribution in [2.45, 2.75) is 0 Å². The van der Waals surface area contributed by atoms with E-state index >= 15 is 0 Å². The van der Waals surface area contributed by atoms with Crippen molar-refractivity contribution in [2.75, 3.05) is 19.6 Å². The zero-order chi connectivity index (χ0) is 13.4. The lowest BCUT2D eigenvalue weighted by molar-refractivity contribution is -0.123. The quantitative estimate of drug-likeness (QED) is 0.800. The average Bonchev–Trinajstić information content (AvgIpc) is 2.80. The molecule has 98 valence electrons. The van der Waals surface area contributed by atoms with Gasteiger partial charge < -0.3 is 15.2 Å². The molecule has 0 aliphatic carbocycles. The lowest BCUT2D eigenvalue weighted by atomic mass is 10.2. The Labute approximate surface area is 108 Å². The molecule has 1 aliphatic heterocycles. The van der Waals surface area contributed by atoms with Gasteiger partial charge in [-0.3, -0.25) is 9.59 Å². The van der Waals surface area contributed by atoms with Crippen molar-refractivity contribution in [1.82, 2.24) is 15.2 Å². The van der Waals surface area contributed by atoms with Gasteiger partial charge in [-0.25, -0.2) is 4.39 Å². The Hall–Kier alpha value is -2.37. The Bertz CT molecular complexity index is 665. The van der Waals surface area contributed by atoms with Crippen LogP contribution in [0.3, 0.4) is 0 Å². The van der Waals surface area contributed by atoms with Crippen LogP contribution in [0.2, 0.25) is 0 Å². The first-order valence-corrected chi connectivity index (χ1v) is 5.98. The molecule has 3 rings (SSSR count). The number of aromatic amines is 1. The van der Waals surface area contributed by atoms with Crippen LogP contribution in [-0.4, -0.2) is 41.3 Å². The van der Waals surface area contributed by atoms with Gasteiger partial charge in [-0.05, 0) is 24.3 Å². The van der Waals surface area contributed by atoms with E-state index in [0.717, 1.165) is 0 Å². The van der Waals surface area contributed by atoms with Crippen molar-refractivity contribution in [3.05, 3.63) is 35.8 Å². The fourth-order valence-corrected chi connectivity index (χ4v) is 2.20. The number of nitrogens with zero attached hydrogens (tertiary/aromatic N) is 1. The highest BCUT2D eigenvalue weighted by atomic mass is 19.1. The third-order valence-corrected chi connectivity index (χ3v) is 3.14. The Morgan fingerprint density at radius 2 is 2.16 bits per heavy atom. The number of amides is 2. The molecule has 0 bridgehead atoms. The maximum absolute atomic E-state index is 13.1. The second-order valence-electron chi connectivity index (χ2n) is 4.49. The lowest BCUT2D eigenvalue weighted by Crippen LogP contribution is -2.50. The third kappa shape index (κ3) is 2.16. The number of H-pyrrole nitrogens is 1. The van der Waals surface area contributed by atoms with Crippen LogP contribution in [0.15, 0.2) is 24.3 Å². The summed E-state index contributed by atoms with van der Waals surface area (Å²) in [7, 11) is 0. The number of carbonyl (C=O) groups excluding carboxylic acids is 2. The molecule has 1 aromatic carbocycles. The predicted octanol–water partition coefficient (Wildman–Crippen LogP) is 0.879. The van der Waals surface area contributed by atoms with E-state index in [2.05, 4.69) is 10.3 Å². The third-order valence-electron chi connectivity index (χ3n) is 3.14. The standard InChI is InChI=1S/C13H12FN3O2/c14-9-1-2-10-8(5-9)6-11(16-10)13(19)17-4-3-15-12(18)7-17/h1-2,5-6,16H,3-4,7H2,(H,15,18). The van der Waals surface area contributed by atoms with Crippen molar-refractivity contribution in [1.29, 1.82) is 0 Å². The van der Waals surface area contributed by atoms with Crippen molar-refractivity contribution in [3.63, 3.8) is 0 Å². The number of carbonyl (C=O) groups is 2. The van der Waals surface area contributed by atoms with Crippen LogP contribution in [0.1, 0.15) is 10.5 Å². The highest BCUT2D eigenvalue weighted by Crippen LogP contribution is 2.18. The van der Waals surface area contributed by atoms with Crippen LogP contribution in [0.25, 0.3) is 10.9 Å². The number of aromatic nitrogens is 1. The van der Waals surface area contributed by atoms with Gasteiger partial charge in [0.25, 0.3) is 5.91 Å². The summed E-state index contributed by atoms with van der Waals surface area (Å²) in [6.07, 6.45) is 0. The normalized spacial score (nSPS) is 15.6.